The standard InChI is InChI=1S/C13H18O5S/c1-4-18-12-7-13(19(15,16)17)11(8-14)6-10(12)5-9(2)3/h6-9H,4-5H2,1-3H3,(H,15,16,17). The van der Waals surface area contributed by atoms with Gasteiger partial charge in [0.1, 0.15) is 10.6 Å². The molecular formula is C13H18O5S. The van der Waals surface area contributed by atoms with Crippen molar-refractivity contribution < 1.29 is 22.5 Å². The Morgan fingerprint density at radius 1 is 1.37 bits per heavy atom. The second kappa shape index (κ2) is 6.16. The molecular weight excluding hydrogens is 268 g/mol. The predicted molar refractivity (Wildman–Crippen MR) is 71.4 cm³/mol. The average Bonchev–Trinajstić information content (AvgIpc) is 2.29. The fourth-order valence-electron chi connectivity index (χ4n) is 1.83. The maximum Gasteiger partial charge on any atom is 0.295 e. The maximum absolute atomic E-state index is 11.2. The molecule has 0 fully saturated rings. The summed E-state index contributed by atoms with van der Waals surface area (Å²) >= 11 is 0. The number of hydrogen-bond donors (Lipinski definition) is 1. The molecule has 19 heavy (non-hydrogen) atoms. The molecule has 1 rings (SSSR count). The monoisotopic (exact) mass is 286 g/mol. The van der Waals surface area contributed by atoms with Gasteiger partial charge in [0.25, 0.3) is 10.1 Å². The van der Waals surface area contributed by atoms with Crippen molar-refractivity contribution in [3.05, 3.63) is 23.3 Å². The van der Waals surface area contributed by atoms with Gasteiger partial charge in [-0.3, -0.25) is 9.35 Å². The van der Waals surface area contributed by atoms with Crippen molar-refractivity contribution in [2.24, 2.45) is 5.92 Å². The van der Waals surface area contributed by atoms with E-state index in [0.717, 1.165) is 5.56 Å². The summed E-state index contributed by atoms with van der Waals surface area (Å²) in [5.41, 5.74) is 0.702. The third-order valence-corrected chi connectivity index (χ3v) is 3.44. The molecule has 106 valence electrons. The Labute approximate surface area is 113 Å². The lowest BCUT2D eigenvalue weighted by Gasteiger charge is -2.14. The Morgan fingerprint density at radius 2 is 2.00 bits per heavy atom. The predicted octanol–water partition coefficient (Wildman–Crippen LogP) is 2.34. The first-order chi connectivity index (χ1) is 8.79. The van der Waals surface area contributed by atoms with E-state index >= 15 is 0 Å². The van der Waals surface area contributed by atoms with Gasteiger partial charge in [0.15, 0.2) is 6.29 Å². The molecule has 1 N–H and O–H groups in total. The second-order valence-corrected chi connectivity index (χ2v) is 6.01. The quantitative estimate of drug-likeness (QED) is 0.641. The largest absolute Gasteiger partial charge is 0.494 e. The van der Waals surface area contributed by atoms with Crippen molar-refractivity contribution in [1.29, 1.82) is 0 Å². The zero-order valence-corrected chi connectivity index (χ0v) is 12.0. The number of hydrogen-bond acceptors (Lipinski definition) is 4. The summed E-state index contributed by atoms with van der Waals surface area (Å²) in [5.74, 6) is 0.713. The van der Waals surface area contributed by atoms with Crippen LogP contribution in [-0.4, -0.2) is 25.9 Å². The van der Waals surface area contributed by atoms with Crippen LogP contribution in [0.5, 0.6) is 5.75 Å². The van der Waals surface area contributed by atoms with Crippen LogP contribution in [0.2, 0.25) is 0 Å². The summed E-state index contributed by atoms with van der Waals surface area (Å²) in [6.45, 7) is 6.16. The van der Waals surface area contributed by atoms with Gasteiger partial charge in [-0.15, -0.1) is 0 Å². The lowest BCUT2D eigenvalue weighted by molar-refractivity contribution is 0.112. The molecule has 5 nitrogen and oxygen atoms in total. The highest BCUT2D eigenvalue weighted by Crippen LogP contribution is 2.28. The Morgan fingerprint density at radius 3 is 2.42 bits per heavy atom. The zero-order chi connectivity index (χ0) is 14.6. The van der Waals surface area contributed by atoms with Crippen LogP contribution in [0.15, 0.2) is 17.0 Å². The van der Waals surface area contributed by atoms with Crippen LogP contribution in [0.1, 0.15) is 36.7 Å². The molecule has 1 aromatic rings. The van der Waals surface area contributed by atoms with E-state index in [-0.39, 0.29) is 5.56 Å². The lowest BCUT2D eigenvalue weighted by atomic mass is 10.00. The van der Waals surface area contributed by atoms with E-state index in [1.807, 2.05) is 13.8 Å². The highest BCUT2D eigenvalue weighted by Gasteiger charge is 2.19. The normalized spacial score (nSPS) is 11.6. The first kappa shape index (κ1) is 15.7. The number of aldehydes is 1. The summed E-state index contributed by atoms with van der Waals surface area (Å²) in [5, 5.41) is 0. The summed E-state index contributed by atoms with van der Waals surface area (Å²) in [4.78, 5) is 10.5. The Hall–Kier alpha value is -1.40. The van der Waals surface area contributed by atoms with Crippen LogP contribution in [0, 0.1) is 5.92 Å². The smallest absolute Gasteiger partial charge is 0.295 e. The van der Waals surface area contributed by atoms with Gasteiger partial charge in [-0.05, 0) is 30.9 Å². The number of rotatable bonds is 6. The molecule has 0 saturated heterocycles. The van der Waals surface area contributed by atoms with Gasteiger partial charge in [0.2, 0.25) is 0 Å². The minimum absolute atomic E-state index is 0.0541. The molecule has 0 aliphatic rings. The van der Waals surface area contributed by atoms with Crippen molar-refractivity contribution in [2.45, 2.75) is 32.1 Å². The average molecular weight is 286 g/mol. The molecule has 0 spiro atoms. The third kappa shape index (κ3) is 4.04. The Balaban J connectivity index is 3.45. The van der Waals surface area contributed by atoms with Crippen molar-refractivity contribution in [3.8, 4) is 5.75 Å². The van der Waals surface area contributed by atoms with Gasteiger partial charge in [-0.2, -0.15) is 8.42 Å². The molecule has 0 aromatic heterocycles. The van der Waals surface area contributed by atoms with Crippen molar-refractivity contribution in [2.75, 3.05) is 6.61 Å². The number of benzene rings is 1. The lowest BCUT2D eigenvalue weighted by Crippen LogP contribution is -2.07. The van der Waals surface area contributed by atoms with Crippen LogP contribution in [0.25, 0.3) is 0 Å². The molecule has 0 atom stereocenters. The minimum atomic E-state index is -4.44. The third-order valence-electron chi connectivity index (χ3n) is 2.53. The van der Waals surface area contributed by atoms with E-state index in [2.05, 4.69) is 0 Å². The minimum Gasteiger partial charge on any atom is -0.494 e. The molecule has 1 aromatic carbocycles. The van der Waals surface area contributed by atoms with Gasteiger partial charge in [-0.25, -0.2) is 0 Å². The molecule has 0 amide bonds. The molecule has 0 aliphatic heterocycles. The van der Waals surface area contributed by atoms with E-state index in [4.69, 9.17) is 9.29 Å². The summed E-state index contributed by atoms with van der Waals surface area (Å²) in [6.07, 6.45) is 1.07. The van der Waals surface area contributed by atoms with Crippen molar-refractivity contribution >= 4 is 16.4 Å². The molecule has 0 aliphatic carbocycles. The second-order valence-electron chi connectivity index (χ2n) is 4.62. The van der Waals surface area contributed by atoms with Crippen LogP contribution in [0.4, 0.5) is 0 Å². The van der Waals surface area contributed by atoms with Gasteiger partial charge in [0, 0.05) is 11.6 Å². The van der Waals surface area contributed by atoms with E-state index in [1.165, 1.54) is 12.1 Å². The first-order valence-corrected chi connectivity index (χ1v) is 7.46. The number of carbonyl (C=O) groups is 1. The van der Waals surface area contributed by atoms with Gasteiger partial charge in [0.05, 0.1) is 6.61 Å². The van der Waals surface area contributed by atoms with Crippen LogP contribution < -0.4 is 4.74 Å². The van der Waals surface area contributed by atoms with Crippen LogP contribution in [0.3, 0.4) is 0 Å². The molecule has 0 heterocycles. The molecule has 0 unspecified atom stereocenters. The van der Waals surface area contributed by atoms with E-state index in [9.17, 15) is 13.2 Å². The summed E-state index contributed by atoms with van der Waals surface area (Å²) in [6, 6.07) is 2.67. The Bertz CT molecular complexity index is 561. The van der Waals surface area contributed by atoms with Crippen LogP contribution in [-0.2, 0) is 16.5 Å². The number of carbonyl (C=O) groups excluding carboxylic acids is 1. The van der Waals surface area contributed by atoms with E-state index in [1.54, 1.807) is 6.92 Å². The molecule has 6 heteroatoms. The molecule has 0 saturated carbocycles. The van der Waals surface area contributed by atoms with E-state index < -0.39 is 15.0 Å². The van der Waals surface area contributed by atoms with Gasteiger partial charge in [-0.1, -0.05) is 13.8 Å². The topological polar surface area (TPSA) is 80.7 Å². The van der Waals surface area contributed by atoms with Crippen LogP contribution >= 0.6 is 0 Å². The fourth-order valence-corrected chi connectivity index (χ4v) is 2.49. The first-order valence-electron chi connectivity index (χ1n) is 6.02. The van der Waals surface area contributed by atoms with Crippen molar-refractivity contribution in [3.63, 3.8) is 0 Å². The SMILES string of the molecule is CCOc1cc(S(=O)(=O)O)c(C=O)cc1CC(C)C. The summed E-state index contributed by atoms with van der Waals surface area (Å²) < 4.78 is 37.0. The molecule has 0 radical (unpaired) electrons. The zero-order valence-electron chi connectivity index (χ0n) is 11.2. The highest BCUT2D eigenvalue weighted by atomic mass is 32.2. The maximum atomic E-state index is 11.2. The highest BCUT2D eigenvalue weighted by molar-refractivity contribution is 7.86. The van der Waals surface area contributed by atoms with Gasteiger partial charge < -0.3 is 4.74 Å². The summed E-state index contributed by atoms with van der Waals surface area (Å²) in [7, 11) is -4.44. The van der Waals surface area contributed by atoms with Gasteiger partial charge >= 0.3 is 0 Å². The molecule has 0 bridgehead atoms. The van der Waals surface area contributed by atoms with Crippen molar-refractivity contribution in [1.82, 2.24) is 0 Å². The number of ether oxygens (including phenoxy) is 1. The van der Waals surface area contributed by atoms with E-state index in [0.29, 0.717) is 31.0 Å². The fraction of sp³-hybridized carbons (Fsp3) is 0.462. The Kier molecular flexibility index (Phi) is 5.08.